The summed E-state index contributed by atoms with van der Waals surface area (Å²) < 4.78 is 40.7. The van der Waals surface area contributed by atoms with Crippen LogP contribution < -0.4 is 9.54 Å². The van der Waals surface area contributed by atoms with Crippen molar-refractivity contribution >= 4 is 37.5 Å². The van der Waals surface area contributed by atoms with Crippen LogP contribution in [0.3, 0.4) is 0 Å². The minimum atomic E-state index is -3.61. The van der Waals surface area contributed by atoms with Crippen molar-refractivity contribution in [3.8, 4) is 5.75 Å². The number of sulfonamides is 1. The van der Waals surface area contributed by atoms with Gasteiger partial charge in [0, 0.05) is 32.7 Å². The van der Waals surface area contributed by atoms with Crippen LogP contribution in [0.5, 0.6) is 5.75 Å². The summed E-state index contributed by atoms with van der Waals surface area (Å²) in [5, 5.41) is 0. The largest absolute Gasteiger partial charge is 0.497 e. The Kier molecular flexibility index (Phi) is 7.28. The van der Waals surface area contributed by atoms with E-state index in [1.807, 2.05) is 28.8 Å². The number of hydrogen-bond donors (Lipinski definition) is 0. The van der Waals surface area contributed by atoms with Gasteiger partial charge in [-0.3, -0.25) is 4.79 Å². The van der Waals surface area contributed by atoms with Gasteiger partial charge in [-0.05, 0) is 49.2 Å². The zero-order valence-electron chi connectivity index (χ0n) is 18.6. The maximum Gasteiger partial charge on any atom is 0.251 e. The van der Waals surface area contributed by atoms with Crippen molar-refractivity contribution in [1.82, 2.24) is 8.87 Å². The first kappa shape index (κ1) is 23.6. The van der Waals surface area contributed by atoms with E-state index in [1.54, 1.807) is 31.4 Å². The van der Waals surface area contributed by atoms with Crippen LogP contribution in [0.15, 0.2) is 58.4 Å². The van der Waals surface area contributed by atoms with Gasteiger partial charge < -0.3 is 14.0 Å². The lowest BCUT2D eigenvalue weighted by Crippen LogP contribution is -2.40. The number of rotatable bonds is 7. The molecule has 8 nitrogen and oxygen atoms in total. The van der Waals surface area contributed by atoms with Crippen molar-refractivity contribution in [3.05, 3.63) is 53.3 Å². The number of ether oxygens (including phenoxy) is 2. The number of nitrogens with zero attached hydrogens (tertiary/aromatic N) is 3. The molecule has 3 aromatic rings. The molecule has 1 aliphatic rings. The number of carbonyl (C=O) groups excluding carboxylic acids is 1. The van der Waals surface area contributed by atoms with E-state index in [9.17, 15) is 13.2 Å². The fraction of sp³-hybridized carbons (Fsp3) is 0.391. The van der Waals surface area contributed by atoms with E-state index in [0.717, 1.165) is 10.2 Å². The van der Waals surface area contributed by atoms with E-state index in [2.05, 4.69) is 4.99 Å². The highest BCUT2D eigenvalue weighted by molar-refractivity contribution is 7.89. The molecule has 1 saturated heterocycles. The second-order valence-electron chi connectivity index (χ2n) is 7.80. The molecule has 4 rings (SSSR count). The molecule has 33 heavy (non-hydrogen) atoms. The molecule has 2 heterocycles. The van der Waals surface area contributed by atoms with Crippen LogP contribution in [-0.2, 0) is 26.1 Å². The number of benzene rings is 2. The van der Waals surface area contributed by atoms with Crippen LogP contribution >= 0.6 is 11.3 Å². The highest BCUT2D eigenvalue weighted by Crippen LogP contribution is 2.26. The van der Waals surface area contributed by atoms with Gasteiger partial charge in [0.05, 0.1) is 28.8 Å². The molecule has 0 aliphatic carbocycles. The first-order valence-electron chi connectivity index (χ1n) is 10.7. The number of hydrogen-bond acceptors (Lipinski definition) is 6. The molecule has 1 amide bonds. The Morgan fingerprint density at radius 2 is 1.79 bits per heavy atom. The highest BCUT2D eigenvalue weighted by Gasteiger charge is 2.32. The smallest absolute Gasteiger partial charge is 0.251 e. The van der Waals surface area contributed by atoms with Gasteiger partial charge in [0.15, 0.2) is 4.80 Å². The highest BCUT2D eigenvalue weighted by atomic mass is 32.2. The SMILES string of the molecule is COCCn1c(=NC(=O)C2CCN(S(=O)(=O)c3ccc(OC)cc3)CC2)sc2ccccc21. The number of thiazole rings is 1. The van der Waals surface area contributed by atoms with Crippen molar-refractivity contribution < 1.29 is 22.7 Å². The van der Waals surface area contributed by atoms with E-state index in [-0.39, 0.29) is 29.8 Å². The summed E-state index contributed by atoms with van der Waals surface area (Å²) in [7, 11) is -0.430. The molecule has 1 aromatic heterocycles. The van der Waals surface area contributed by atoms with Crippen LogP contribution in [-0.4, -0.2) is 57.1 Å². The average Bonchev–Trinajstić information content (AvgIpc) is 3.19. The van der Waals surface area contributed by atoms with Crippen LogP contribution in [0.4, 0.5) is 0 Å². The number of piperidine rings is 1. The zero-order chi connectivity index (χ0) is 23.4. The van der Waals surface area contributed by atoms with Gasteiger partial charge in [0.25, 0.3) is 5.91 Å². The number of aromatic nitrogens is 1. The van der Waals surface area contributed by atoms with Crippen LogP contribution in [0.1, 0.15) is 12.8 Å². The third-order valence-corrected chi connectivity index (χ3v) is 8.79. The van der Waals surface area contributed by atoms with Gasteiger partial charge in [0.2, 0.25) is 10.0 Å². The van der Waals surface area contributed by atoms with E-state index in [4.69, 9.17) is 9.47 Å². The molecule has 0 unspecified atom stereocenters. The Morgan fingerprint density at radius 3 is 2.45 bits per heavy atom. The van der Waals surface area contributed by atoms with Gasteiger partial charge >= 0.3 is 0 Å². The molecule has 0 saturated carbocycles. The van der Waals surface area contributed by atoms with Gasteiger partial charge in [0.1, 0.15) is 5.75 Å². The molecular formula is C23H27N3O5S2. The summed E-state index contributed by atoms with van der Waals surface area (Å²) in [6.45, 7) is 1.70. The van der Waals surface area contributed by atoms with Gasteiger partial charge in [-0.2, -0.15) is 9.30 Å². The Hall–Kier alpha value is -2.53. The fourth-order valence-electron chi connectivity index (χ4n) is 3.93. The topological polar surface area (TPSA) is 90.2 Å². The van der Waals surface area contributed by atoms with Gasteiger partial charge in [-0.15, -0.1) is 0 Å². The van der Waals surface area contributed by atoms with Crippen LogP contribution in [0.25, 0.3) is 10.2 Å². The van der Waals surface area contributed by atoms with Gasteiger partial charge in [-0.1, -0.05) is 23.5 Å². The minimum absolute atomic E-state index is 0.200. The number of para-hydroxylation sites is 1. The van der Waals surface area contributed by atoms with Gasteiger partial charge in [-0.25, -0.2) is 8.42 Å². The lowest BCUT2D eigenvalue weighted by molar-refractivity contribution is -0.122. The normalized spacial score (nSPS) is 16.4. The molecule has 176 valence electrons. The summed E-state index contributed by atoms with van der Waals surface area (Å²) in [5.41, 5.74) is 1.02. The molecule has 2 aromatic carbocycles. The first-order valence-corrected chi connectivity index (χ1v) is 13.0. The predicted molar refractivity (Wildman–Crippen MR) is 127 cm³/mol. The third kappa shape index (κ3) is 5.03. The third-order valence-electron chi connectivity index (χ3n) is 5.81. The lowest BCUT2D eigenvalue weighted by atomic mass is 9.98. The molecular weight excluding hydrogens is 462 g/mol. The van der Waals surface area contributed by atoms with Crippen LogP contribution in [0, 0.1) is 5.92 Å². The Balaban J connectivity index is 1.49. The molecule has 0 N–H and O–H groups in total. The van der Waals surface area contributed by atoms with Crippen molar-refractivity contribution in [2.24, 2.45) is 10.9 Å². The van der Waals surface area contributed by atoms with E-state index < -0.39 is 10.0 Å². The Bertz CT molecular complexity index is 1290. The fourth-order valence-corrected chi connectivity index (χ4v) is 6.46. The summed E-state index contributed by atoms with van der Waals surface area (Å²) in [4.78, 5) is 18.3. The zero-order valence-corrected chi connectivity index (χ0v) is 20.3. The summed E-state index contributed by atoms with van der Waals surface area (Å²) in [6.07, 6.45) is 0.890. The average molecular weight is 490 g/mol. The monoisotopic (exact) mass is 489 g/mol. The Morgan fingerprint density at radius 1 is 1.09 bits per heavy atom. The second kappa shape index (κ2) is 10.2. The number of methoxy groups -OCH3 is 2. The lowest BCUT2D eigenvalue weighted by Gasteiger charge is -2.29. The molecule has 10 heteroatoms. The molecule has 0 spiro atoms. The number of amides is 1. The van der Waals surface area contributed by atoms with Crippen molar-refractivity contribution in [2.75, 3.05) is 33.9 Å². The maximum atomic E-state index is 13.0. The van der Waals surface area contributed by atoms with Crippen LogP contribution in [0.2, 0.25) is 0 Å². The summed E-state index contributed by atoms with van der Waals surface area (Å²) in [6, 6.07) is 14.3. The predicted octanol–water partition coefficient (Wildman–Crippen LogP) is 2.89. The molecule has 0 radical (unpaired) electrons. The van der Waals surface area contributed by atoms with E-state index in [1.165, 1.54) is 22.8 Å². The standard InChI is InChI=1S/C23H27N3O5S2/c1-30-16-15-26-20-5-3-4-6-21(20)32-23(26)24-22(27)17-11-13-25(14-12-17)33(28,29)19-9-7-18(31-2)8-10-19/h3-10,17H,11-16H2,1-2H3. The number of fused-ring (bicyclic) bond motifs is 1. The Labute approximate surface area is 197 Å². The van der Waals surface area contributed by atoms with Crippen molar-refractivity contribution in [3.63, 3.8) is 0 Å². The van der Waals surface area contributed by atoms with E-state index >= 15 is 0 Å². The maximum absolute atomic E-state index is 13.0. The quantitative estimate of drug-likeness (QED) is 0.509. The summed E-state index contributed by atoms with van der Waals surface area (Å²) in [5.74, 6) is 0.103. The van der Waals surface area contributed by atoms with Crippen molar-refractivity contribution in [1.29, 1.82) is 0 Å². The number of carbonyl (C=O) groups is 1. The summed E-state index contributed by atoms with van der Waals surface area (Å²) >= 11 is 1.48. The molecule has 0 bridgehead atoms. The minimum Gasteiger partial charge on any atom is -0.497 e. The molecule has 0 atom stereocenters. The van der Waals surface area contributed by atoms with Crippen molar-refractivity contribution in [2.45, 2.75) is 24.3 Å². The first-order chi connectivity index (χ1) is 15.9. The molecule has 1 fully saturated rings. The molecule has 1 aliphatic heterocycles. The second-order valence-corrected chi connectivity index (χ2v) is 10.7. The van der Waals surface area contributed by atoms with E-state index in [0.29, 0.717) is 36.5 Å².